The molecule has 0 radical (unpaired) electrons. The maximum Gasteiger partial charge on any atom is 0.247 e. The van der Waals surface area contributed by atoms with Crippen molar-refractivity contribution in [3.63, 3.8) is 0 Å². The number of carbonyl (C=O) groups excluding carboxylic acids is 2. The molecule has 1 aromatic rings. The number of nitriles is 1. The van der Waals surface area contributed by atoms with E-state index in [1.165, 1.54) is 12.2 Å². The fourth-order valence-electron chi connectivity index (χ4n) is 2.34. The Balaban J connectivity index is 2.02. The van der Waals surface area contributed by atoms with Crippen LogP contribution in [-0.2, 0) is 9.59 Å². The number of hydrogen-bond donors (Lipinski definition) is 0. The molecule has 0 unspecified atom stereocenters. The average Bonchev–Trinajstić information content (AvgIpc) is 2.92. The van der Waals surface area contributed by atoms with E-state index in [0.29, 0.717) is 18.8 Å². The summed E-state index contributed by atoms with van der Waals surface area (Å²) in [6.07, 6.45) is 5.68. The molecule has 110 valence electrons. The van der Waals surface area contributed by atoms with E-state index < -0.39 is 11.7 Å². The minimum absolute atomic E-state index is 0.387. The maximum absolute atomic E-state index is 12.2. The number of allylic oxidation sites excluding steroid dienone is 1. The van der Waals surface area contributed by atoms with Crippen molar-refractivity contribution < 1.29 is 14.0 Å². The van der Waals surface area contributed by atoms with Gasteiger partial charge in [-0.1, -0.05) is 0 Å². The van der Waals surface area contributed by atoms with Gasteiger partial charge in [0.05, 0.1) is 6.07 Å². The van der Waals surface area contributed by atoms with Gasteiger partial charge in [0, 0.05) is 13.1 Å². The van der Waals surface area contributed by atoms with Crippen molar-refractivity contribution in [2.24, 2.45) is 5.92 Å². The van der Waals surface area contributed by atoms with Gasteiger partial charge in [-0.05, 0) is 50.5 Å². The van der Waals surface area contributed by atoms with Crippen LogP contribution >= 0.6 is 0 Å². The zero-order valence-corrected chi connectivity index (χ0v) is 12.0. The second-order valence-corrected chi connectivity index (χ2v) is 5.13. The molecule has 1 atom stereocenters. The van der Waals surface area contributed by atoms with Crippen LogP contribution in [0.3, 0.4) is 0 Å². The van der Waals surface area contributed by atoms with Crippen LogP contribution < -0.4 is 0 Å². The molecule has 0 bridgehead atoms. The summed E-state index contributed by atoms with van der Waals surface area (Å²) in [4.78, 5) is 25.9. The minimum atomic E-state index is -1.25. The molecule has 1 fully saturated rings. The van der Waals surface area contributed by atoms with E-state index in [0.717, 1.165) is 25.0 Å². The van der Waals surface area contributed by atoms with Gasteiger partial charge in [-0.2, -0.15) is 5.26 Å². The third kappa shape index (κ3) is 3.82. The number of aryl methyl sites for hydroxylation is 1. The molecule has 0 saturated carbocycles. The van der Waals surface area contributed by atoms with Crippen LogP contribution in [0.5, 0.6) is 0 Å². The summed E-state index contributed by atoms with van der Waals surface area (Å²) >= 11 is 0. The molecule has 21 heavy (non-hydrogen) atoms. The zero-order chi connectivity index (χ0) is 15.2. The second kappa shape index (κ2) is 6.89. The monoisotopic (exact) mass is 286 g/mol. The normalized spacial score (nSPS) is 16.7. The lowest BCUT2D eigenvalue weighted by Gasteiger charge is -2.27. The molecule has 1 aromatic heterocycles. The predicted molar refractivity (Wildman–Crippen MR) is 77.0 cm³/mol. The van der Waals surface area contributed by atoms with E-state index in [1.54, 1.807) is 24.0 Å². The fourth-order valence-corrected chi connectivity index (χ4v) is 2.34. The summed E-state index contributed by atoms with van der Waals surface area (Å²) in [7, 11) is 0. The lowest BCUT2D eigenvalue weighted by molar-refractivity contribution is -0.138. The van der Waals surface area contributed by atoms with Crippen molar-refractivity contribution in [3.05, 3.63) is 29.7 Å². The van der Waals surface area contributed by atoms with E-state index in [2.05, 4.69) is 0 Å². The Morgan fingerprint density at radius 3 is 2.62 bits per heavy atom. The zero-order valence-electron chi connectivity index (χ0n) is 12.0. The van der Waals surface area contributed by atoms with Gasteiger partial charge in [0.15, 0.2) is 11.7 Å². The van der Waals surface area contributed by atoms with Gasteiger partial charge in [-0.15, -0.1) is 0 Å². The van der Waals surface area contributed by atoms with Crippen molar-refractivity contribution in [2.75, 3.05) is 13.1 Å². The van der Waals surface area contributed by atoms with Gasteiger partial charge in [-0.3, -0.25) is 9.59 Å². The molecule has 0 N–H and O–H groups in total. The van der Waals surface area contributed by atoms with E-state index in [4.69, 9.17) is 9.68 Å². The lowest BCUT2D eigenvalue weighted by Crippen LogP contribution is -2.41. The first-order valence-electron chi connectivity index (χ1n) is 7.08. The molecule has 0 aliphatic carbocycles. The van der Waals surface area contributed by atoms with Crippen molar-refractivity contribution in [3.8, 4) is 6.07 Å². The van der Waals surface area contributed by atoms with E-state index in [9.17, 15) is 9.59 Å². The molecular formula is C16H18N2O3. The Morgan fingerprint density at radius 1 is 1.33 bits per heavy atom. The Morgan fingerprint density at radius 2 is 2.05 bits per heavy atom. The molecule has 5 heteroatoms. The number of likely N-dealkylation sites (tertiary alicyclic amines) is 1. The number of amides is 1. The Bertz CT molecular complexity index is 589. The summed E-state index contributed by atoms with van der Waals surface area (Å²) in [5.74, 6) is -0.869. The minimum Gasteiger partial charge on any atom is -0.462 e. The Labute approximate surface area is 123 Å². The molecule has 1 amide bonds. The summed E-state index contributed by atoms with van der Waals surface area (Å²) < 4.78 is 5.31. The van der Waals surface area contributed by atoms with Crippen LogP contribution in [0.4, 0.5) is 0 Å². The van der Waals surface area contributed by atoms with Gasteiger partial charge in [0.2, 0.25) is 5.91 Å². The van der Waals surface area contributed by atoms with Crippen molar-refractivity contribution in [2.45, 2.75) is 26.2 Å². The Hall–Kier alpha value is -2.35. The highest BCUT2D eigenvalue weighted by Crippen LogP contribution is 2.14. The molecular weight excluding hydrogens is 268 g/mol. The number of rotatable bonds is 4. The topological polar surface area (TPSA) is 74.3 Å². The van der Waals surface area contributed by atoms with E-state index in [-0.39, 0.29) is 5.91 Å². The first kappa shape index (κ1) is 15.0. The SMILES string of the molecule is Cc1ccc(/C=C\C(=O)[C@@H](C#N)C(=O)N2CCCCC2)o1. The van der Waals surface area contributed by atoms with Gasteiger partial charge in [0.1, 0.15) is 11.5 Å². The average molecular weight is 286 g/mol. The number of piperidine rings is 1. The largest absolute Gasteiger partial charge is 0.462 e. The van der Waals surface area contributed by atoms with Crippen LogP contribution in [0.25, 0.3) is 6.08 Å². The highest BCUT2D eigenvalue weighted by atomic mass is 16.3. The van der Waals surface area contributed by atoms with Crippen LogP contribution in [0.2, 0.25) is 0 Å². The maximum atomic E-state index is 12.2. The number of nitrogens with zero attached hydrogens (tertiary/aromatic N) is 2. The third-order valence-corrected chi connectivity index (χ3v) is 3.50. The summed E-state index contributed by atoms with van der Waals surface area (Å²) in [6.45, 7) is 3.06. The molecule has 1 aliphatic heterocycles. The quantitative estimate of drug-likeness (QED) is 0.629. The smallest absolute Gasteiger partial charge is 0.247 e. The summed E-state index contributed by atoms with van der Waals surface area (Å²) in [6, 6.07) is 5.33. The number of carbonyl (C=O) groups is 2. The molecule has 5 nitrogen and oxygen atoms in total. The molecule has 1 aliphatic rings. The Kier molecular flexibility index (Phi) is 4.94. The summed E-state index contributed by atoms with van der Waals surface area (Å²) in [5.41, 5.74) is 0. The van der Waals surface area contributed by atoms with Crippen molar-refractivity contribution >= 4 is 17.8 Å². The standard InChI is InChI=1S/C16H18N2O3/c1-12-5-6-13(21-12)7-8-15(19)14(11-17)16(20)18-9-3-2-4-10-18/h5-8,14H,2-4,9-10H2,1H3/b8-7-/t14-/m1/s1. The predicted octanol–water partition coefficient (Wildman–Crippen LogP) is 2.32. The molecule has 1 saturated heterocycles. The van der Waals surface area contributed by atoms with Gasteiger partial charge >= 0.3 is 0 Å². The van der Waals surface area contributed by atoms with Gasteiger partial charge in [0.25, 0.3) is 0 Å². The second-order valence-electron chi connectivity index (χ2n) is 5.13. The van der Waals surface area contributed by atoms with Crippen LogP contribution in [-0.4, -0.2) is 29.7 Å². The van der Waals surface area contributed by atoms with Gasteiger partial charge in [-0.25, -0.2) is 0 Å². The van der Waals surface area contributed by atoms with E-state index >= 15 is 0 Å². The molecule has 2 rings (SSSR count). The molecule has 0 aromatic carbocycles. The molecule has 0 spiro atoms. The van der Waals surface area contributed by atoms with Crippen LogP contribution in [0.1, 0.15) is 30.8 Å². The van der Waals surface area contributed by atoms with Crippen LogP contribution in [0.15, 0.2) is 22.6 Å². The fraction of sp³-hybridized carbons (Fsp3) is 0.438. The van der Waals surface area contributed by atoms with E-state index in [1.807, 2.05) is 6.07 Å². The first-order chi connectivity index (χ1) is 10.1. The van der Waals surface area contributed by atoms with Crippen molar-refractivity contribution in [1.82, 2.24) is 4.90 Å². The van der Waals surface area contributed by atoms with Gasteiger partial charge < -0.3 is 9.32 Å². The van der Waals surface area contributed by atoms with Crippen LogP contribution in [0, 0.1) is 24.2 Å². The number of furan rings is 1. The highest BCUT2D eigenvalue weighted by Gasteiger charge is 2.29. The highest BCUT2D eigenvalue weighted by molar-refractivity contribution is 6.10. The molecule has 2 heterocycles. The summed E-state index contributed by atoms with van der Waals surface area (Å²) in [5, 5.41) is 9.12. The third-order valence-electron chi connectivity index (χ3n) is 3.50. The number of ketones is 1. The first-order valence-corrected chi connectivity index (χ1v) is 7.08. The lowest BCUT2D eigenvalue weighted by atomic mass is 10.0. The number of hydrogen-bond acceptors (Lipinski definition) is 4. The van der Waals surface area contributed by atoms with Crippen molar-refractivity contribution in [1.29, 1.82) is 5.26 Å².